The summed E-state index contributed by atoms with van der Waals surface area (Å²) in [5.74, 6) is 0. The van der Waals surface area contributed by atoms with Gasteiger partial charge in [0.1, 0.15) is 0 Å². The average Bonchev–Trinajstić information content (AvgIpc) is 2.49. The summed E-state index contributed by atoms with van der Waals surface area (Å²) in [7, 11) is 0. The SMILES string of the molecule is CCCN(CC)CCNc1ccc(N)c2cnccc12. The molecule has 2 aromatic rings. The summed E-state index contributed by atoms with van der Waals surface area (Å²) in [5, 5.41) is 5.66. The van der Waals surface area contributed by atoms with E-state index in [4.69, 9.17) is 5.73 Å². The van der Waals surface area contributed by atoms with Crippen molar-refractivity contribution in [3.8, 4) is 0 Å². The lowest BCUT2D eigenvalue weighted by Gasteiger charge is -2.20. The van der Waals surface area contributed by atoms with E-state index in [1.807, 2.05) is 30.6 Å². The molecule has 1 aromatic heterocycles. The van der Waals surface area contributed by atoms with Crippen LogP contribution in [0.2, 0.25) is 0 Å². The van der Waals surface area contributed by atoms with Crippen molar-refractivity contribution < 1.29 is 0 Å². The molecule has 20 heavy (non-hydrogen) atoms. The second-order valence-corrected chi connectivity index (χ2v) is 4.98. The van der Waals surface area contributed by atoms with Crippen LogP contribution < -0.4 is 11.1 Å². The fourth-order valence-corrected chi connectivity index (χ4v) is 2.46. The lowest BCUT2D eigenvalue weighted by atomic mass is 10.1. The van der Waals surface area contributed by atoms with Crippen molar-refractivity contribution in [1.29, 1.82) is 0 Å². The molecule has 3 N–H and O–H groups in total. The van der Waals surface area contributed by atoms with Gasteiger partial charge in [0.15, 0.2) is 0 Å². The van der Waals surface area contributed by atoms with Gasteiger partial charge >= 0.3 is 0 Å². The number of nitrogens with zero attached hydrogens (tertiary/aromatic N) is 2. The second kappa shape index (κ2) is 7.10. The van der Waals surface area contributed by atoms with Crippen molar-refractivity contribution in [2.75, 3.05) is 37.2 Å². The minimum absolute atomic E-state index is 0.778. The summed E-state index contributed by atoms with van der Waals surface area (Å²) >= 11 is 0. The van der Waals surface area contributed by atoms with E-state index >= 15 is 0 Å². The smallest absolute Gasteiger partial charge is 0.0422 e. The number of hydrogen-bond acceptors (Lipinski definition) is 4. The Kier molecular flexibility index (Phi) is 5.18. The van der Waals surface area contributed by atoms with Crippen LogP contribution in [0.3, 0.4) is 0 Å². The third-order valence-corrected chi connectivity index (χ3v) is 3.58. The number of hydrogen-bond donors (Lipinski definition) is 2. The van der Waals surface area contributed by atoms with Gasteiger partial charge < -0.3 is 16.0 Å². The van der Waals surface area contributed by atoms with Crippen LogP contribution in [0, 0.1) is 0 Å². The molecule has 0 aliphatic carbocycles. The maximum Gasteiger partial charge on any atom is 0.0422 e. The number of aromatic nitrogens is 1. The zero-order valence-electron chi connectivity index (χ0n) is 12.4. The largest absolute Gasteiger partial charge is 0.398 e. The lowest BCUT2D eigenvalue weighted by Crippen LogP contribution is -2.29. The Morgan fingerprint density at radius 3 is 2.75 bits per heavy atom. The van der Waals surface area contributed by atoms with E-state index in [1.54, 1.807) is 0 Å². The van der Waals surface area contributed by atoms with Gasteiger partial charge in [-0.2, -0.15) is 0 Å². The van der Waals surface area contributed by atoms with Crippen LogP contribution in [-0.4, -0.2) is 36.1 Å². The third kappa shape index (κ3) is 3.39. The van der Waals surface area contributed by atoms with Crippen LogP contribution in [0.15, 0.2) is 30.6 Å². The summed E-state index contributed by atoms with van der Waals surface area (Å²) in [6.45, 7) is 8.68. The van der Waals surface area contributed by atoms with Gasteiger partial charge in [0.25, 0.3) is 0 Å². The highest BCUT2D eigenvalue weighted by Gasteiger charge is 2.05. The number of likely N-dealkylation sites (N-methyl/N-ethyl adjacent to an activating group) is 1. The molecular formula is C16H24N4. The summed E-state index contributed by atoms with van der Waals surface area (Å²) < 4.78 is 0. The zero-order chi connectivity index (χ0) is 14.4. The van der Waals surface area contributed by atoms with Gasteiger partial charge in [-0.1, -0.05) is 13.8 Å². The van der Waals surface area contributed by atoms with Crippen LogP contribution in [0.25, 0.3) is 10.8 Å². The minimum atomic E-state index is 0.778. The monoisotopic (exact) mass is 272 g/mol. The number of rotatable bonds is 7. The molecule has 4 heteroatoms. The van der Waals surface area contributed by atoms with Gasteiger partial charge in [-0.3, -0.25) is 4.98 Å². The van der Waals surface area contributed by atoms with Crippen molar-refractivity contribution in [2.24, 2.45) is 0 Å². The molecule has 1 heterocycles. The molecule has 0 aliphatic rings. The number of benzene rings is 1. The Balaban J connectivity index is 2.05. The molecule has 0 aliphatic heterocycles. The fourth-order valence-electron chi connectivity index (χ4n) is 2.46. The molecule has 108 valence electrons. The topological polar surface area (TPSA) is 54.2 Å². The van der Waals surface area contributed by atoms with Crippen LogP contribution in [0.4, 0.5) is 11.4 Å². The highest BCUT2D eigenvalue weighted by molar-refractivity contribution is 6.00. The van der Waals surface area contributed by atoms with E-state index in [0.717, 1.165) is 48.3 Å². The number of nitrogens with one attached hydrogen (secondary N) is 1. The van der Waals surface area contributed by atoms with Crippen LogP contribution >= 0.6 is 0 Å². The fraction of sp³-hybridized carbons (Fsp3) is 0.438. The maximum absolute atomic E-state index is 5.99. The van der Waals surface area contributed by atoms with E-state index in [-0.39, 0.29) is 0 Å². The van der Waals surface area contributed by atoms with Crippen molar-refractivity contribution in [3.63, 3.8) is 0 Å². The first-order valence-electron chi connectivity index (χ1n) is 7.34. The van der Waals surface area contributed by atoms with Crippen molar-refractivity contribution in [1.82, 2.24) is 9.88 Å². The number of anilines is 2. The standard InChI is InChI=1S/C16H24N4/c1-3-10-20(4-2)11-9-19-16-6-5-15(17)14-12-18-8-7-13(14)16/h5-8,12,19H,3-4,9-11,17H2,1-2H3. The molecule has 4 nitrogen and oxygen atoms in total. The molecule has 0 fully saturated rings. The van der Waals surface area contributed by atoms with E-state index in [9.17, 15) is 0 Å². The third-order valence-electron chi connectivity index (χ3n) is 3.58. The Morgan fingerprint density at radius 2 is 2.00 bits per heavy atom. The number of nitrogens with two attached hydrogens (primary N) is 1. The first kappa shape index (κ1) is 14.6. The highest BCUT2D eigenvalue weighted by Crippen LogP contribution is 2.27. The number of nitrogen functional groups attached to an aromatic ring is 1. The van der Waals surface area contributed by atoms with Gasteiger partial charge in [-0.15, -0.1) is 0 Å². The number of fused-ring (bicyclic) bond motifs is 1. The van der Waals surface area contributed by atoms with Crippen LogP contribution in [0.1, 0.15) is 20.3 Å². The van der Waals surface area contributed by atoms with Crippen molar-refractivity contribution >= 4 is 22.1 Å². The Morgan fingerprint density at radius 1 is 1.15 bits per heavy atom. The normalized spacial score (nSPS) is 11.2. The average molecular weight is 272 g/mol. The second-order valence-electron chi connectivity index (χ2n) is 4.98. The minimum Gasteiger partial charge on any atom is -0.398 e. The molecule has 0 radical (unpaired) electrons. The van der Waals surface area contributed by atoms with Gasteiger partial charge in [0.05, 0.1) is 0 Å². The Hall–Kier alpha value is -1.81. The van der Waals surface area contributed by atoms with E-state index < -0.39 is 0 Å². The summed E-state index contributed by atoms with van der Waals surface area (Å²) in [5.41, 5.74) is 7.89. The molecule has 0 atom stereocenters. The van der Waals surface area contributed by atoms with E-state index in [0.29, 0.717) is 0 Å². The molecule has 0 spiro atoms. The Bertz CT molecular complexity index is 553. The molecule has 0 unspecified atom stereocenters. The van der Waals surface area contributed by atoms with Crippen molar-refractivity contribution in [2.45, 2.75) is 20.3 Å². The molecule has 2 rings (SSSR count). The maximum atomic E-state index is 5.99. The molecule has 0 amide bonds. The van der Waals surface area contributed by atoms with Crippen molar-refractivity contribution in [3.05, 3.63) is 30.6 Å². The summed E-state index contributed by atoms with van der Waals surface area (Å²) in [6.07, 6.45) is 4.83. The highest BCUT2D eigenvalue weighted by atomic mass is 15.1. The van der Waals surface area contributed by atoms with Gasteiger partial charge in [0, 0.05) is 47.6 Å². The summed E-state index contributed by atoms with van der Waals surface area (Å²) in [6, 6.07) is 6.00. The molecule has 0 bridgehead atoms. The molecule has 0 saturated carbocycles. The molecule has 1 aromatic carbocycles. The van der Waals surface area contributed by atoms with Crippen LogP contribution in [0.5, 0.6) is 0 Å². The van der Waals surface area contributed by atoms with Gasteiger partial charge in [-0.25, -0.2) is 0 Å². The zero-order valence-corrected chi connectivity index (χ0v) is 12.4. The lowest BCUT2D eigenvalue weighted by molar-refractivity contribution is 0.300. The quantitative estimate of drug-likeness (QED) is 0.761. The first-order chi connectivity index (χ1) is 9.76. The van der Waals surface area contributed by atoms with Crippen LogP contribution in [-0.2, 0) is 0 Å². The molecule has 0 saturated heterocycles. The van der Waals surface area contributed by atoms with Gasteiger partial charge in [-0.05, 0) is 37.7 Å². The van der Waals surface area contributed by atoms with E-state index in [1.165, 1.54) is 6.42 Å². The number of pyridine rings is 1. The first-order valence-corrected chi connectivity index (χ1v) is 7.34. The predicted molar refractivity (Wildman–Crippen MR) is 87.1 cm³/mol. The van der Waals surface area contributed by atoms with Gasteiger partial charge in [0.2, 0.25) is 0 Å². The van der Waals surface area contributed by atoms with E-state index in [2.05, 4.69) is 29.0 Å². The summed E-state index contributed by atoms with van der Waals surface area (Å²) in [4.78, 5) is 6.60. The predicted octanol–water partition coefficient (Wildman–Crippen LogP) is 2.96. The Labute approximate surface area is 121 Å². The molecular weight excluding hydrogens is 248 g/mol.